The fourth-order valence-corrected chi connectivity index (χ4v) is 3.61. The Labute approximate surface area is 126 Å². The first-order valence-electron chi connectivity index (χ1n) is 6.62. The Morgan fingerprint density at radius 1 is 1.14 bits per heavy atom. The third-order valence-electron chi connectivity index (χ3n) is 3.38. The van der Waals surface area contributed by atoms with E-state index in [0.717, 1.165) is 22.6 Å². The fourth-order valence-electron chi connectivity index (χ4n) is 2.32. The van der Waals surface area contributed by atoms with Crippen LogP contribution in [0.25, 0.3) is 0 Å². The van der Waals surface area contributed by atoms with Crippen molar-refractivity contribution in [2.24, 2.45) is 5.73 Å². The molecule has 1 aliphatic rings. The summed E-state index contributed by atoms with van der Waals surface area (Å²) < 4.78 is 5.90. The number of hydrogen-bond donors (Lipinski definition) is 2. The van der Waals surface area contributed by atoms with Crippen LogP contribution < -0.4 is 10.5 Å². The standard InChI is InChI=1S/C16H15NO3S/c17-12(16(18)19)9-21-15-10-5-1-3-7-13(10)20-14-8-4-2-6-11(14)15/h1-8,12,15H,9,17H2,(H,18,19)/t12-/m0/s1. The Morgan fingerprint density at radius 3 is 2.19 bits per heavy atom. The van der Waals surface area contributed by atoms with E-state index in [2.05, 4.69) is 0 Å². The van der Waals surface area contributed by atoms with E-state index in [0.29, 0.717) is 5.75 Å². The minimum Gasteiger partial charge on any atom is -0.480 e. The molecule has 0 aromatic heterocycles. The van der Waals surface area contributed by atoms with Gasteiger partial charge in [0.05, 0.1) is 5.25 Å². The van der Waals surface area contributed by atoms with Gasteiger partial charge < -0.3 is 15.6 Å². The second-order valence-corrected chi connectivity index (χ2v) is 5.97. The normalized spacial score (nSPS) is 14.7. The van der Waals surface area contributed by atoms with Crippen LogP contribution in [0.5, 0.6) is 11.5 Å². The maximum Gasteiger partial charge on any atom is 0.321 e. The van der Waals surface area contributed by atoms with Crippen LogP contribution in [0, 0.1) is 0 Å². The van der Waals surface area contributed by atoms with Crippen molar-refractivity contribution in [3.05, 3.63) is 59.7 Å². The van der Waals surface area contributed by atoms with E-state index in [-0.39, 0.29) is 5.25 Å². The minimum absolute atomic E-state index is 0.0385. The molecule has 1 heterocycles. The van der Waals surface area contributed by atoms with Gasteiger partial charge in [0, 0.05) is 16.9 Å². The summed E-state index contributed by atoms with van der Waals surface area (Å²) in [4.78, 5) is 10.9. The van der Waals surface area contributed by atoms with Crippen molar-refractivity contribution in [3.8, 4) is 11.5 Å². The van der Waals surface area contributed by atoms with Crippen LogP contribution in [-0.4, -0.2) is 22.9 Å². The summed E-state index contributed by atoms with van der Waals surface area (Å²) >= 11 is 1.53. The zero-order valence-electron chi connectivity index (χ0n) is 11.2. The maximum absolute atomic E-state index is 10.9. The highest BCUT2D eigenvalue weighted by Gasteiger charge is 2.28. The van der Waals surface area contributed by atoms with Gasteiger partial charge >= 0.3 is 5.97 Å². The maximum atomic E-state index is 10.9. The smallest absolute Gasteiger partial charge is 0.321 e. The van der Waals surface area contributed by atoms with E-state index in [1.807, 2.05) is 48.5 Å². The van der Waals surface area contributed by atoms with Gasteiger partial charge in [0.1, 0.15) is 17.5 Å². The molecule has 0 amide bonds. The molecule has 3 N–H and O–H groups in total. The SMILES string of the molecule is N[C@@H](CSC1c2ccccc2Oc2ccccc21)C(=O)O. The van der Waals surface area contributed by atoms with Crippen LogP contribution in [0.1, 0.15) is 16.4 Å². The van der Waals surface area contributed by atoms with E-state index in [1.165, 1.54) is 11.8 Å². The number of ether oxygens (including phenoxy) is 1. The first-order chi connectivity index (χ1) is 10.2. The summed E-state index contributed by atoms with van der Waals surface area (Å²) in [7, 11) is 0. The highest BCUT2D eigenvalue weighted by atomic mass is 32.2. The Kier molecular flexibility index (Phi) is 3.86. The molecule has 0 saturated heterocycles. The highest BCUT2D eigenvalue weighted by molar-refractivity contribution is 7.99. The zero-order chi connectivity index (χ0) is 14.8. The van der Waals surface area contributed by atoms with E-state index < -0.39 is 12.0 Å². The van der Waals surface area contributed by atoms with Gasteiger partial charge in [0.25, 0.3) is 0 Å². The molecule has 2 aromatic carbocycles. The Hall–Kier alpha value is -1.98. The van der Waals surface area contributed by atoms with E-state index in [4.69, 9.17) is 15.6 Å². The monoisotopic (exact) mass is 301 g/mol. The van der Waals surface area contributed by atoms with Crippen molar-refractivity contribution < 1.29 is 14.6 Å². The number of carboxylic acid groups (broad SMARTS) is 1. The molecular formula is C16H15NO3S. The van der Waals surface area contributed by atoms with Crippen molar-refractivity contribution in [2.75, 3.05) is 5.75 Å². The fraction of sp³-hybridized carbons (Fsp3) is 0.188. The lowest BCUT2D eigenvalue weighted by Crippen LogP contribution is -2.32. The summed E-state index contributed by atoms with van der Waals surface area (Å²) in [6.07, 6.45) is 0. The van der Waals surface area contributed by atoms with Crippen LogP contribution in [0.3, 0.4) is 0 Å². The Bertz CT molecular complexity index is 629. The molecule has 3 rings (SSSR count). The molecular weight excluding hydrogens is 286 g/mol. The molecule has 21 heavy (non-hydrogen) atoms. The van der Waals surface area contributed by atoms with E-state index in [9.17, 15) is 4.79 Å². The molecule has 0 radical (unpaired) electrons. The topological polar surface area (TPSA) is 72.5 Å². The number of fused-ring (bicyclic) bond motifs is 2. The van der Waals surface area contributed by atoms with Crippen LogP contribution in [0.2, 0.25) is 0 Å². The first-order valence-corrected chi connectivity index (χ1v) is 7.67. The number of benzene rings is 2. The highest BCUT2D eigenvalue weighted by Crippen LogP contribution is 2.49. The van der Waals surface area contributed by atoms with Gasteiger partial charge in [0.15, 0.2) is 0 Å². The van der Waals surface area contributed by atoms with Crippen molar-refractivity contribution in [3.63, 3.8) is 0 Å². The molecule has 0 saturated carbocycles. The minimum atomic E-state index is -0.976. The summed E-state index contributed by atoms with van der Waals surface area (Å²) in [5.74, 6) is 1.01. The molecule has 0 fully saturated rings. The number of carboxylic acids is 1. The average molecular weight is 301 g/mol. The summed E-state index contributed by atoms with van der Waals surface area (Å²) in [5.41, 5.74) is 7.73. The number of hydrogen-bond acceptors (Lipinski definition) is 4. The van der Waals surface area contributed by atoms with Crippen LogP contribution >= 0.6 is 11.8 Å². The predicted octanol–water partition coefficient (Wildman–Crippen LogP) is 3.03. The predicted molar refractivity (Wildman–Crippen MR) is 82.9 cm³/mol. The number of nitrogens with two attached hydrogens (primary N) is 1. The molecule has 0 unspecified atom stereocenters. The van der Waals surface area contributed by atoms with Crippen LogP contribution in [0.15, 0.2) is 48.5 Å². The van der Waals surface area contributed by atoms with Crippen molar-refractivity contribution >= 4 is 17.7 Å². The number of carbonyl (C=O) groups is 1. The van der Waals surface area contributed by atoms with E-state index in [1.54, 1.807) is 0 Å². The third kappa shape index (κ3) is 2.75. The molecule has 1 atom stereocenters. The number of para-hydroxylation sites is 2. The molecule has 0 aliphatic carbocycles. The Balaban J connectivity index is 1.93. The van der Waals surface area contributed by atoms with Crippen molar-refractivity contribution in [2.45, 2.75) is 11.3 Å². The molecule has 108 valence electrons. The van der Waals surface area contributed by atoms with Crippen LogP contribution in [-0.2, 0) is 4.79 Å². The van der Waals surface area contributed by atoms with Gasteiger partial charge in [-0.05, 0) is 12.1 Å². The molecule has 0 spiro atoms. The van der Waals surface area contributed by atoms with Gasteiger partial charge in [-0.1, -0.05) is 36.4 Å². The largest absolute Gasteiger partial charge is 0.480 e. The lowest BCUT2D eigenvalue weighted by Gasteiger charge is -2.28. The molecule has 1 aliphatic heterocycles. The van der Waals surface area contributed by atoms with Gasteiger partial charge in [-0.25, -0.2) is 0 Å². The second-order valence-electron chi connectivity index (χ2n) is 4.84. The molecule has 0 bridgehead atoms. The van der Waals surface area contributed by atoms with Gasteiger partial charge in [-0.3, -0.25) is 4.79 Å². The molecule has 2 aromatic rings. The number of aliphatic carboxylic acids is 1. The average Bonchev–Trinajstić information content (AvgIpc) is 2.51. The lowest BCUT2D eigenvalue weighted by atomic mass is 10.00. The quantitative estimate of drug-likeness (QED) is 0.908. The van der Waals surface area contributed by atoms with Crippen molar-refractivity contribution in [1.82, 2.24) is 0 Å². The summed E-state index contributed by atoms with van der Waals surface area (Å²) in [6, 6.07) is 14.8. The second kappa shape index (κ2) is 5.79. The van der Waals surface area contributed by atoms with Gasteiger partial charge in [-0.2, -0.15) is 0 Å². The lowest BCUT2D eigenvalue weighted by molar-refractivity contribution is -0.137. The summed E-state index contributed by atoms with van der Waals surface area (Å²) in [5, 5.41) is 8.98. The molecule has 5 heteroatoms. The van der Waals surface area contributed by atoms with Crippen molar-refractivity contribution in [1.29, 1.82) is 0 Å². The number of rotatable bonds is 4. The van der Waals surface area contributed by atoms with Gasteiger partial charge in [-0.15, -0.1) is 11.8 Å². The third-order valence-corrected chi connectivity index (χ3v) is 4.78. The zero-order valence-corrected chi connectivity index (χ0v) is 12.0. The van der Waals surface area contributed by atoms with Gasteiger partial charge in [0.2, 0.25) is 0 Å². The Morgan fingerprint density at radius 2 is 1.67 bits per heavy atom. The van der Waals surface area contributed by atoms with Crippen LogP contribution in [0.4, 0.5) is 0 Å². The summed E-state index contributed by atoms with van der Waals surface area (Å²) in [6.45, 7) is 0. The molecule has 4 nitrogen and oxygen atoms in total. The first kappa shape index (κ1) is 14.0. The van der Waals surface area contributed by atoms with E-state index >= 15 is 0 Å². The number of thioether (sulfide) groups is 1.